The van der Waals surface area contributed by atoms with Crippen LogP contribution < -0.4 is 9.64 Å². The average Bonchev–Trinajstić information content (AvgIpc) is 2.82. The number of carbonyl (C=O) groups excluding carboxylic acids is 1. The van der Waals surface area contributed by atoms with E-state index in [0.29, 0.717) is 34.7 Å². The Balaban J connectivity index is 1.71. The number of hydrogen-bond donors (Lipinski definition) is 1. The van der Waals surface area contributed by atoms with Gasteiger partial charge < -0.3 is 14.7 Å². The summed E-state index contributed by atoms with van der Waals surface area (Å²) in [6.45, 7) is 3.34. The van der Waals surface area contributed by atoms with Crippen LogP contribution in [0.25, 0.3) is 11.1 Å². The van der Waals surface area contributed by atoms with E-state index >= 15 is 0 Å². The number of carboxylic acid groups (broad SMARTS) is 1. The third-order valence-corrected chi connectivity index (χ3v) is 7.12. The van der Waals surface area contributed by atoms with Crippen molar-refractivity contribution in [2.45, 2.75) is 31.9 Å². The molecule has 0 aromatic heterocycles. The number of nitrogens with zero attached hydrogens (tertiary/aromatic N) is 1. The van der Waals surface area contributed by atoms with Crippen molar-refractivity contribution in [1.82, 2.24) is 0 Å². The number of carboxylic acids is 1. The first-order valence-electron chi connectivity index (χ1n) is 11.4. The molecule has 37 heavy (non-hydrogen) atoms. The Labute approximate surface area is 221 Å². The standard InChI is InChI=1S/C27H22Cl2F3NO4/c1-3-33-22-12-17(6-9-23(22)37-13-24(33)34)25(27(30,31)32)14(2)18-7-4-15(10-20(18)28)16-5-8-19(26(35)36)21(29)11-16/h4-12,14,25H,3,13H2,1-2H3,(H,35,36). The summed E-state index contributed by atoms with van der Waals surface area (Å²) in [5.74, 6) is -4.10. The molecule has 4 rings (SSSR count). The molecule has 10 heteroatoms. The van der Waals surface area contributed by atoms with Crippen molar-refractivity contribution in [3.8, 4) is 16.9 Å². The molecular weight excluding hydrogens is 530 g/mol. The van der Waals surface area contributed by atoms with Gasteiger partial charge in [-0.05, 0) is 65.4 Å². The number of benzene rings is 3. The Hall–Kier alpha value is -3.23. The minimum absolute atomic E-state index is 0.00770. The molecule has 0 fully saturated rings. The fraction of sp³-hybridized carbons (Fsp3) is 0.259. The van der Waals surface area contributed by atoms with Crippen molar-refractivity contribution >= 4 is 40.8 Å². The van der Waals surface area contributed by atoms with Gasteiger partial charge in [-0.1, -0.05) is 54.4 Å². The molecule has 2 atom stereocenters. The first-order valence-corrected chi connectivity index (χ1v) is 12.1. The van der Waals surface area contributed by atoms with Crippen LogP contribution in [0.1, 0.15) is 47.2 Å². The molecule has 194 valence electrons. The number of aromatic carboxylic acids is 1. The predicted molar refractivity (Wildman–Crippen MR) is 136 cm³/mol. The van der Waals surface area contributed by atoms with Crippen LogP contribution in [0.4, 0.5) is 18.9 Å². The highest BCUT2D eigenvalue weighted by Crippen LogP contribution is 2.48. The molecule has 1 aliphatic heterocycles. The van der Waals surface area contributed by atoms with Crippen molar-refractivity contribution in [3.63, 3.8) is 0 Å². The number of likely N-dealkylation sites (N-methyl/N-ethyl adjacent to an activating group) is 1. The number of amides is 1. The number of halogens is 5. The molecular formula is C27H22Cl2F3NO4. The molecule has 1 heterocycles. The molecule has 1 N–H and O–H groups in total. The molecule has 0 radical (unpaired) electrons. The Bertz CT molecular complexity index is 1380. The number of alkyl halides is 3. The summed E-state index contributed by atoms with van der Waals surface area (Å²) in [6.07, 6.45) is -4.60. The van der Waals surface area contributed by atoms with Gasteiger partial charge >= 0.3 is 12.1 Å². The van der Waals surface area contributed by atoms with E-state index in [2.05, 4.69) is 0 Å². The average molecular weight is 552 g/mol. The van der Waals surface area contributed by atoms with Crippen LogP contribution in [0, 0.1) is 0 Å². The number of rotatable bonds is 6. The number of anilines is 1. The van der Waals surface area contributed by atoms with Gasteiger partial charge in [0.15, 0.2) is 6.61 Å². The van der Waals surface area contributed by atoms with Crippen LogP contribution in [-0.2, 0) is 4.79 Å². The molecule has 5 nitrogen and oxygen atoms in total. The number of carbonyl (C=O) groups is 2. The van der Waals surface area contributed by atoms with Gasteiger partial charge in [0.25, 0.3) is 5.91 Å². The van der Waals surface area contributed by atoms with Crippen LogP contribution in [-0.4, -0.2) is 36.3 Å². The minimum atomic E-state index is -4.60. The number of ether oxygens (including phenoxy) is 1. The topological polar surface area (TPSA) is 66.8 Å². The Morgan fingerprint density at radius 3 is 2.27 bits per heavy atom. The van der Waals surface area contributed by atoms with Crippen LogP contribution in [0.5, 0.6) is 5.75 Å². The lowest BCUT2D eigenvalue weighted by Crippen LogP contribution is -2.38. The second-order valence-electron chi connectivity index (χ2n) is 8.70. The summed E-state index contributed by atoms with van der Waals surface area (Å²) in [6, 6.07) is 13.2. The van der Waals surface area contributed by atoms with Gasteiger partial charge in [0.1, 0.15) is 5.75 Å². The minimum Gasteiger partial charge on any atom is -0.482 e. The van der Waals surface area contributed by atoms with E-state index in [1.54, 1.807) is 19.1 Å². The molecule has 0 spiro atoms. The first kappa shape index (κ1) is 26.8. The second-order valence-corrected chi connectivity index (χ2v) is 9.51. The van der Waals surface area contributed by atoms with E-state index in [1.165, 1.54) is 54.3 Å². The van der Waals surface area contributed by atoms with Gasteiger partial charge in [0.05, 0.1) is 22.2 Å². The Morgan fingerprint density at radius 1 is 1.05 bits per heavy atom. The third kappa shape index (κ3) is 5.26. The molecule has 3 aromatic carbocycles. The molecule has 0 saturated heterocycles. The highest BCUT2D eigenvalue weighted by atomic mass is 35.5. The van der Waals surface area contributed by atoms with E-state index in [1.807, 2.05) is 0 Å². The lowest BCUT2D eigenvalue weighted by atomic mass is 9.81. The maximum Gasteiger partial charge on any atom is 0.396 e. The van der Waals surface area contributed by atoms with Gasteiger partial charge in [-0.3, -0.25) is 4.79 Å². The van der Waals surface area contributed by atoms with Crippen molar-refractivity contribution in [3.05, 3.63) is 81.3 Å². The predicted octanol–water partition coefficient (Wildman–Crippen LogP) is 7.55. The van der Waals surface area contributed by atoms with Crippen LogP contribution >= 0.6 is 23.2 Å². The van der Waals surface area contributed by atoms with Crippen LogP contribution in [0.15, 0.2) is 54.6 Å². The van der Waals surface area contributed by atoms with Gasteiger partial charge in [-0.15, -0.1) is 0 Å². The quantitative estimate of drug-likeness (QED) is 0.343. The summed E-state index contributed by atoms with van der Waals surface area (Å²) in [5.41, 5.74) is 1.67. The second kappa shape index (κ2) is 10.3. The highest BCUT2D eigenvalue weighted by Gasteiger charge is 2.45. The van der Waals surface area contributed by atoms with E-state index in [4.69, 9.17) is 33.0 Å². The van der Waals surface area contributed by atoms with Crippen molar-refractivity contribution in [1.29, 1.82) is 0 Å². The van der Waals surface area contributed by atoms with Gasteiger partial charge in [0.2, 0.25) is 0 Å². The summed E-state index contributed by atoms with van der Waals surface area (Å²) in [7, 11) is 0. The fourth-order valence-corrected chi connectivity index (χ4v) is 5.26. The summed E-state index contributed by atoms with van der Waals surface area (Å²) >= 11 is 12.6. The highest BCUT2D eigenvalue weighted by molar-refractivity contribution is 6.34. The zero-order valence-corrected chi connectivity index (χ0v) is 21.3. The summed E-state index contributed by atoms with van der Waals surface area (Å²) in [5, 5.41) is 9.33. The molecule has 1 amide bonds. The molecule has 0 bridgehead atoms. The number of hydrogen-bond acceptors (Lipinski definition) is 3. The maximum absolute atomic E-state index is 14.4. The lowest BCUT2D eigenvalue weighted by molar-refractivity contribution is -0.154. The van der Waals surface area contributed by atoms with Gasteiger partial charge in [-0.25, -0.2) is 4.79 Å². The Kier molecular flexibility index (Phi) is 7.44. The van der Waals surface area contributed by atoms with Crippen molar-refractivity contribution in [2.75, 3.05) is 18.1 Å². The summed E-state index contributed by atoms with van der Waals surface area (Å²) in [4.78, 5) is 24.8. The SMILES string of the molecule is CCN1C(=O)COc2ccc(C(C(C)c3ccc(-c4ccc(C(=O)O)c(Cl)c4)cc3Cl)C(F)(F)F)cc21. The summed E-state index contributed by atoms with van der Waals surface area (Å²) < 4.78 is 48.7. The van der Waals surface area contributed by atoms with Crippen molar-refractivity contribution < 1.29 is 32.6 Å². The van der Waals surface area contributed by atoms with E-state index in [9.17, 15) is 22.8 Å². The van der Waals surface area contributed by atoms with E-state index in [0.717, 1.165) is 0 Å². The largest absolute Gasteiger partial charge is 0.482 e. The van der Waals surface area contributed by atoms with Crippen molar-refractivity contribution in [2.24, 2.45) is 0 Å². The van der Waals surface area contributed by atoms with Crippen LogP contribution in [0.3, 0.4) is 0 Å². The zero-order valence-electron chi connectivity index (χ0n) is 19.8. The molecule has 1 aliphatic rings. The normalized spacial score (nSPS) is 15.1. The molecule has 2 unspecified atom stereocenters. The fourth-order valence-electron chi connectivity index (χ4n) is 4.64. The Morgan fingerprint density at radius 2 is 1.70 bits per heavy atom. The van der Waals surface area contributed by atoms with E-state index < -0.39 is 24.0 Å². The smallest absolute Gasteiger partial charge is 0.396 e. The van der Waals surface area contributed by atoms with Gasteiger partial charge in [0, 0.05) is 11.6 Å². The molecule has 0 aliphatic carbocycles. The lowest BCUT2D eigenvalue weighted by Gasteiger charge is -2.32. The molecule has 3 aromatic rings. The molecule has 0 saturated carbocycles. The van der Waals surface area contributed by atoms with E-state index in [-0.39, 0.29) is 33.7 Å². The number of fused-ring (bicyclic) bond motifs is 1. The third-order valence-electron chi connectivity index (χ3n) is 6.48. The monoisotopic (exact) mass is 551 g/mol. The maximum atomic E-state index is 14.4. The van der Waals surface area contributed by atoms with Gasteiger partial charge in [-0.2, -0.15) is 13.2 Å². The first-order chi connectivity index (χ1) is 17.4. The van der Waals surface area contributed by atoms with Crippen LogP contribution in [0.2, 0.25) is 10.0 Å². The zero-order chi connectivity index (χ0) is 27.1.